The number of carbonyl (C=O) groups excluding carboxylic acids is 1. The molecular weight excluding hydrogens is 345 g/mol. The quantitative estimate of drug-likeness (QED) is 0.780. The lowest BCUT2D eigenvalue weighted by atomic mass is 10.0. The molecule has 8 heteroatoms. The van der Waals surface area contributed by atoms with E-state index in [1.165, 1.54) is 28.8 Å². The van der Waals surface area contributed by atoms with E-state index in [1.807, 2.05) is 0 Å². The van der Waals surface area contributed by atoms with Crippen molar-refractivity contribution in [2.24, 2.45) is 5.73 Å². The predicted molar refractivity (Wildman–Crippen MR) is 89.8 cm³/mol. The SMILES string of the molecule is NC(=O)c1cc2cc(N3CC(F)(F)C[C@@H]3c3cccc(F)c3)ccn2n1. The zero-order valence-electron chi connectivity index (χ0n) is 13.6. The van der Waals surface area contributed by atoms with Crippen molar-refractivity contribution in [3.05, 3.63) is 65.7 Å². The van der Waals surface area contributed by atoms with E-state index in [-0.39, 0.29) is 5.69 Å². The van der Waals surface area contributed by atoms with Gasteiger partial charge in [0.15, 0.2) is 5.69 Å². The Bertz CT molecular complexity index is 1000. The van der Waals surface area contributed by atoms with Gasteiger partial charge in [-0.1, -0.05) is 12.1 Å². The average molecular weight is 360 g/mol. The highest BCUT2D eigenvalue weighted by atomic mass is 19.3. The van der Waals surface area contributed by atoms with E-state index in [1.54, 1.807) is 29.3 Å². The van der Waals surface area contributed by atoms with Crippen molar-refractivity contribution >= 4 is 17.1 Å². The molecule has 0 spiro atoms. The van der Waals surface area contributed by atoms with Crippen molar-refractivity contribution < 1.29 is 18.0 Å². The van der Waals surface area contributed by atoms with Gasteiger partial charge < -0.3 is 10.6 Å². The van der Waals surface area contributed by atoms with Gasteiger partial charge in [0.05, 0.1) is 18.1 Å². The van der Waals surface area contributed by atoms with Crippen molar-refractivity contribution in [3.63, 3.8) is 0 Å². The topological polar surface area (TPSA) is 63.6 Å². The molecule has 1 amide bonds. The van der Waals surface area contributed by atoms with Crippen LogP contribution < -0.4 is 10.6 Å². The Balaban J connectivity index is 1.76. The molecule has 1 aromatic carbocycles. The minimum Gasteiger partial charge on any atom is -0.364 e. The van der Waals surface area contributed by atoms with Gasteiger partial charge in [-0.05, 0) is 35.9 Å². The monoisotopic (exact) mass is 360 g/mol. The van der Waals surface area contributed by atoms with Crippen LogP contribution in [0.15, 0.2) is 48.7 Å². The second-order valence-corrected chi connectivity index (χ2v) is 6.41. The highest BCUT2D eigenvalue weighted by molar-refractivity contribution is 5.92. The van der Waals surface area contributed by atoms with Crippen LogP contribution in [0.2, 0.25) is 0 Å². The van der Waals surface area contributed by atoms with Crippen LogP contribution in [-0.4, -0.2) is 28.0 Å². The van der Waals surface area contributed by atoms with Gasteiger partial charge in [0.1, 0.15) is 5.82 Å². The lowest BCUT2D eigenvalue weighted by Gasteiger charge is -2.26. The van der Waals surface area contributed by atoms with Crippen LogP contribution >= 0.6 is 0 Å². The number of primary amides is 1. The molecule has 3 aromatic rings. The number of pyridine rings is 1. The molecule has 2 aromatic heterocycles. The fourth-order valence-corrected chi connectivity index (χ4v) is 3.38. The third-order valence-corrected chi connectivity index (χ3v) is 4.53. The van der Waals surface area contributed by atoms with E-state index in [4.69, 9.17) is 5.73 Å². The molecule has 1 aliphatic heterocycles. The first-order valence-corrected chi connectivity index (χ1v) is 8.02. The van der Waals surface area contributed by atoms with Gasteiger partial charge in [-0.25, -0.2) is 17.7 Å². The number of amides is 1. The van der Waals surface area contributed by atoms with Crippen molar-refractivity contribution in [2.45, 2.75) is 18.4 Å². The summed E-state index contributed by atoms with van der Waals surface area (Å²) in [7, 11) is 0. The number of aromatic nitrogens is 2. The van der Waals surface area contributed by atoms with Crippen LogP contribution in [0.4, 0.5) is 18.9 Å². The van der Waals surface area contributed by atoms with E-state index in [9.17, 15) is 18.0 Å². The average Bonchev–Trinajstić information content (AvgIpc) is 3.14. The predicted octanol–water partition coefficient (Wildman–Crippen LogP) is 3.16. The Morgan fingerprint density at radius 2 is 2.04 bits per heavy atom. The van der Waals surface area contributed by atoms with E-state index >= 15 is 0 Å². The van der Waals surface area contributed by atoms with Crippen LogP contribution in [0.1, 0.15) is 28.5 Å². The number of alkyl halides is 2. The van der Waals surface area contributed by atoms with Crippen LogP contribution in [0, 0.1) is 5.82 Å². The number of anilines is 1. The van der Waals surface area contributed by atoms with E-state index < -0.39 is 36.7 Å². The highest BCUT2D eigenvalue weighted by Gasteiger charge is 2.45. The van der Waals surface area contributed by atoms with Gasteiger partial charge in [-0.2, -0.15) is 5.10 Å². The van der Waals surface area contributed by atoms with Crippen LogP contribution in [-0.2, 0) is 0 Å². The van der Waals surface area contributed by atoms with Crippen molar-refractivity contribution in [1.29, 1.82) is 0 Å². The molecule has 1 atom stereocenters. The second-order valence-electron chi connectivity index (χ2n) is 6.41. The summed E-state index contributed by atoms with van der Waals surface area (Å²) in [6, 6.07) is 9.86. The van der Waals surface area contributed by atoms with Gasteiger partial charge in [0, 0.05) is 18.3 Å². The summed E-state index contributed by atoms with van der Waals surface area (Å²) >= 11 is 0. The van der Waals surface area contributed by atoms with Crippen molar-refractivity contribution in [1.82, 2.24) is 9.61 Å². The number of hydrogen-bond acceptors (Lipinski definition) is 3. The van der Waals surface area contributed by atoms with Gasteiger partial charge in [-0.15, -0.1) is 0 Å². The largest absolute Gasteiger partial charge is 0.364 e. The molecule has 26 heavy (non-hydrogen) atoms. The first kappa shape index (κ1) is 16.4. The van der Waals surface area contributed by atoms with Gasteiger partial charge in [0.25, 0.3) is 11.8 Å². The number of rotatable bonds is 3. The maximum absolute atomic E-state index is 14.1. The Kier molecular flexibility index (Phi) is 3.64. The molecule has 0 saturated carbocycles. The zero-order valence-corrected chi connectivity index (χ0v) is 13.6. The third-order valence-electron chi connectivity index (χ3n) is 4.53. The Morgan fingerprint density at radius 3 is 2.77 bits per heavy atom. The normalized spacial score (nSPS) is 19.2. The molecule has 1 fully saturated rings. The maximum atomic E-state index is 14.1. The molecule has 5 nitrogen and oxygen atoms in total. The lowest BCUT2D eigenvalue weighted by molar-refractivity contribution is 0.0223. The number of fused-ring (bicyclic) bond motifs is 1. The maximum Gasteiger partial charge on any atom is 0.269 e. The minimum atomic E-state index is -2.89. The minimum absolute atomic E-state index is 0.0931. The molecular formula is C18H15F3N4O. The van der Waals surface area contributed by atoms with Gasteiger partial charge in [-0.3, -0.25) is 4.79 Å². The summed E-state index contributed by atoms with van der Waals surface area (Å²) in [5.74, 6) is -4.02. The summed E-state index contributed by atoms with van der Waals surface area (Å²) < 4.78 is 43.3. The third kappa shape index (κ3) is 2.87. The molecule has 1 aliphatic rings. The molecule has 0 aliphatic carbocycles. The fraction of sp³-hybridized carbons (Fsp3) is 0.222. The molecule has 0 unspecified atom stereocenters. The summed E-state index contributed by atoms with van der Waals surface area (Å²) in [4.78, 5) is 12.8. The first-order chi connectivity index (χ1) is 12.3. The summed E-state index contributed by atoms with van der Waals surface area (Å²) in [5, 5.41) is 4.02. The van der Waals surface area contributed by atoms with E-state index in [0.29, 0.717) is 16.8 Å². The molecule has 4 rings (SSSR count). The van der Waals surface area contributed by atoms with Gasteiger partial charge in [0.2, 0.25) is 0 Å². The van der Waals surface area contributed by atoms with Crippen molar-refractivity contribution in [2.75, 3.05) is 11.4 Å². The lowest BCUT2D eigenvalue weighted by Crippen LogP contribution is -2.26. The Labute approximate surface area is 146 Å². The molecule has 0 bridgehead atoms. The van der Waals surface area contributed by atoms with Crippen LogP contribution in [0.5, 0.6) is 0 Å². The van der Waals surface area contributed by atoms with E-state index in [2.05, 4.69) is 5.10 Å². The number of halogens is 3. The number of hydrogen-bond donors (Lipinski definition) is 1. The highest BCUT2D eigenvalue weighted by Crippen LogP contribution is 2.43. The Hall–Kier alpha value is -3.03. The molecule has 3 heterocycles. The molecule has 1 saturated heterocycles. The summed E-state index contributed by atoms with van der Waals surface area (Å²) in [6.45, 7) is -0.471. The van der Waals surface area contributed by atoms with Gasteiger partial charge >= 0.3 is 0 Å². The molecule has 0 radical (unpaired) electrons. The number of carbonyl (C=O) groups is 1. The van der Waals surface area contributed by atoms with Crippen LogP contribution in [0.3, 0.4) is 0 Å². The molecule has 134 valence electrons. The summed E-state index contributed by atoms with van der Waals surface area (Å²) in [5.41, 5.74) is 6.91. The Morgan fingerprint density at radius 1 is 1.23 bits per heavy atom. The van der Waals surface area contributed by atoms with Crippen molar-refractivity contribution in [3.8, 4) is 0 Å². The smallest absolute Gasteiger partial charge is 0.269 e. The summed E-state index contributed by atoms with van der Waals surface area (Å²) in [6.07, 6.45) is 1.18. The number of benzene rings is 1. The standard InChI is InChI=1S/C18H15F3N4O/c19-12-3-1-2-11(6-12)16-9-18(20,21)10-24(16)13-4-5-25-14(7-13)8-15(23-25)17(22)26/h1-8,16H,9-10H2,(H2,22,26)/t16-/m1/s1. The van der Waals surface area contributed by atoms with E-state index in [0.717, 1.165) is 0 Å². The fourth-order valence-electron chi connectivity index (χ4n) is 3.38. The first-order valence-electron chi connectivity index (χ1n) is 8.02. The number of nitrogens with two attached hydrogens (primary N) is 1. The number of nitrogens with zero attached hydrogens (tertiary/aromatic N) is 3. The molecule has 2 N–H and O–H groups in total. The second kappa shape index (κ2) is 5.76. The zero-order chi connectivity index (χ0) is 18.5. The van der Waals surface area contributed by atoms with Crippen LogP contribution in [0.25, 0.3) is 5.52 Å².